The Labute approximate surface area is 170 Å². The lowest BCUT2D eigenvalue weighted by Gasteiger charge is -2.15. The standard InChI is InChI=1S/C22H24O6S/c1-4-27-20(23)22(21(24)28-5-2)18(16-13-11-15(3)12-14-16)19(22)29(25,26)17-9-7-6-8-10-17/h6-14,18-19H,4-5H2,1-3H3. The topological polar surface area (TPSA) is 86.7 Å². The fourth-order valence-electron chi connectivity index (χ4n) is 3.82. The minimum absolute atomic E-state index is 0.0265. The van der Waals surface area contributed by atoms with Gasteiger partial charge in [-0.05, 0) is 38.5 Å². The van der Waals surface area contributed by atoms with Crippen molar-refractivity contribution >= 4 is 21.8 Å². The summed E-state index contributed by atoms with van der Waals surface area (Å²) in [7, 11) is -4.01. The van der Waals surface area contributed by atoms with E-state index in [1.807, 2.05) is 19.1 Å². The molecule has 29 heavy (non-hydrogen) atoms. The van der Waals surface area contributed by atoms with E-state index in [2.05, 4.69) is 0 Å². The molecule has 0 heterocycles. The summed E-state index contributed by atoms with van der Waals surface area (Å²) in [5, 5.41) is -1.29. The zero-order valence-corrected chi connectivity index (χ0v) is 17.4. The van der Waals surface area contributed by atoms with Crippen LogP contribution < -0.4 is 0 Å². The van der Waals surface area contributed by atoms with E-state index < -0.39 is 38.4 Å². The molecule has 6 nitrogen and oxygen atoms in total. The largest absolute Gasteiger partial charge is 0.465 e. The van der Waals surface area contributed by atoms with Gasteiger partial charge in [0.2, 0.25) is 0 Å². The highest BCUT2D eigenvalue weighted by atomic mass is 32.2. The Morgan fingerprint density at radius 2 is 1.41 bits per heavy atom. The fourth-order valence-corrected chi connectivity index (χ4v) is 6.13. The second-order valence-corrected chi connectivity index (χ2v) is 9.05. The van der Waals surface area contributed by atoms with E-state index in [1.165, 1.54) is 12.1 Å². The van der Waals surface area contributed by atoms with Crippen molar-refractivity contribution < 1.29 is 27.5 Å². The molecular weight excluding hydrogens is 392 g/mol. The number of hydrogen-bond donors (Lipinski definition) is 0. The minimum atomic E-state index is -4.01. The first kappa shape index (κ1) is 21.0. The van der Waals surface area contributed by atoms with Gasteiger partial charge in [0.15, 0.2) is 15.3 Å². The molecule has 2 aromatic rings. The molecule has 1 saturated carbocycles. The number of carbonyl (C=O) groups is 2. The molecule has 0 aliphatic heterocycles. The summed E-state index contributed by atoms with van der Waals surface area (Å²) >= 11 is 0. The van der Waals surface area contributed by atoms with E-state index in [1.54, 1.807) is 44.2 Å². The molecule has 1 fully saturated rings. The lowest BCUT2D eigenvalue weighted by molar-refractivity contribution is -0.164. The molecule has 1 aliphatic rings. The van der Waals surface area contributed by atoms with Crippen LogP contribution in [0.1, 0.15) is 30.9 Å². The van der Waals surface area contributed by atoms with E-state index in [9.17, 15) is 18.0 Å². The minimum Gasteiger partial charge on any atom is -0.465 e. The SMILES string of the molecule is CCOC(=O)C1(C(=O)OCC)C(c2ccc(C)cc2)C1S(=O)(=O)c1ccccc1. The molecule has 3 rings (SSSR count). The van der Waals surface area contributed by atoms with Crippen LogP contribution in [0.5, 0.6) is 0 Å². The Kier molecular flexibility index (Phi) is 5.80. The molecule has 0 N–H and O–H groups in total. The van der Waals surface area contributed by atoms with Gasteiger partial charge in [0.1, 0.15) is 5.25 Å². The normalized spacial score (nSPS) is 20.0. The molecule has 0 aromatic heterocycles. The maximum absolute atomic E-state index is 13.5. The van der Waals surface area contributed by atoms with E-state index in [0.29, 0.717) is 5.56 Å². The zero-order valence-electron chi connectivity index (χ0n) is 16.6. The number of aryl methyl sites for hydroxylation is 1. The second-order valence-electron chi connectivity index (χ2n) is 6.98. The van der Waals surface area contributed by atoms with Crippen LogP contribution in [-0.4, -0.2) is 38.8 Å². The first-order valence-corrected chi connectivity index (χ1v) is 11.1. The first-order chi connectivity index (χ1) is 13.8. The molecule has 2 atom stereocenters. The van der Waals surface area contributed by atoms with Gasteiger partial charge in [-0.3, -0.25) is 9.59 Å². The van der Waals surface area contributed by atoms with Crippen LogP contribution in [-0.2, 0) is 28.9 Å². The molecule has 0 saturated heterocycles. The number of benzene rings is 2. The third-order valence-electron chi connectivity index (χ3n) is 5.20. The van der Waals surface area contributed by atoms with Crippen molar-refractivity contribution in [1.82, 2.24) is 0 Å². The van der Waals surface area contributed by atoms with Crippen molar-refractivity contribution in [2.45, 2.75) is 36.8 Å². The van der Waals surface area contributed by atoms with Crippen molar-refractivity contribution in [2.24, 2.45) is 5.41 Å². The van der Waals surface area contributed by atoms with Crippen LogP contribution >= 0.6 is 0 Å². The van der Waals surface area contributed by atoms with Crippen LogP contribution in [0, 0.1) is 12.3 Å². The quantitative estimate of drug-likeness (QED) is 0.509. The summed E-state index contributed by atoms with van der Waals surface area (Å²) < 4.78 is 37.3. The Hall–Kier alpha value is -2.67. The number of ether oxygens (including phenoxy) is 2. The summed E-state index contributed by atoms with van der Waals surface area (Å²) in [6.07, 6.45) is 0. The van der Waals surface area contributed by atoms with Gasteiger partial charge in [-0.15, -0.1) is 0 Å². The fraction of sp³-hybridized carbons (Fsp3) is 0.364. The molecule has 0 bridgehead atoms. The lowest BCUT2D eigenvalue weighted by Crippen LogP contribution is -2.35. The first-order valence-electron chi connectivity index (χ1n) is 9.51. The highest BCUT2D eigenvalue weighted by molar-refractivity contribution is 7.92. The smallest absolute Gasteiger partial charge is 0.325 e. The zero-order chi connectivity index (χ0) is 21.2. The highest BCUT2D eigenvalue weighted by Gasteiger charge is 2.81. The summed E-state index contributed by atoms with van der Waals surface area (Å²) in [5.74, 6) is -2.62. The van der Waals surface area contributed by atoms with Crippen LogP contribution in [0.3, 0.4) is 0 Å². The van der Waals surface area contributed by atoms with E-state index in [0.717, 1.165) is 5.56 Å². The summed E-state index contributed by atoms with van der Waals surface area (Å²) in [6, 6.07) is 15.0. The maximum Gasteiger partial charge on any atom is 0.325 e. The third-order valence-corrected chi connectivity index (χ3v) is 7.44. The molecule has 7 heteroatoms. The van der Waals surface area contributed by atoms with Gasteiger partial charge in [0, 0.05) is 5.92 Å². The summed E-state index contributed by atoms with van der Waals surface area (Å²) in [5.41, 5.74) is -0.355. The van der Waals surface area contributed by atoms with Crippen LogP contribution in [0.25, 0.3) is 0 Å². The van der Waals surface area contributed by atoms with Crippen molar-refractivity contribution in [3.05, 3.63) is 65.7 Å². The van der Waals surface area contributed by atoms with E-state index in [-0.39, 0.29) is 18.1 Å². The number of rotatable bonds is 7. The number of hydrogen-bond acceptors (Lipinski definition) is 6. The van der Waals surface area contributed by atoms with Crippen LogP contribution in [0.4, 0.5) is 0 Å². The maximum atomic E-state index is 13.5. The molecule has 1 aliphatic carbocycles. The Bertz CT molecular complexity index is 977. The Balaban J connectivity index is 2.19. The molecule has 2 aromatic carbocycles. The molecule has 0 amide bonds. The second kappa shape index (κ2) is 7.99. The molecule has 0 radical (unpaired) electrons. The van der Waals surface area contributed by atoms with Gasteiger partial charge in [0.25, 0.3) is 0 Å². The Morgan fingerprint density at radius 3 is 1.90 bits per heavy atom. The predicted molar refractivity (Wildman–Crippen MR) is 107 cm³/mol. The monoisotopic (exact) mass is 416 g/mol. The number of sulfone groups is 1. The van der Waals surface area contributed by atoms with Crippen LogP contribution in [0.15, 0.2) is 59.5 Å². The van der Waals surface area contributed by atoms with Gasteiger partial charge in [0.05, 0.1) is 18.1 Å². The molecule has 2 unspecified atom stereocenters. The average Bonchev–Trinajstić information content (AvgIpc) is 3.42. The van der Waals surface area contributed by atoms with Crippen molar-refractivity contribution in [3.8, 4) is 0 Å². The van der Waals surface area contributed by atoms with Gasteiger partial charge in [-0.25, -0.2) is 8.42 Å². The van der Waals surface area contributed by atoms with Gasteiger partial charge < -0.3 is 9.47 Å². The number of carbonyl (C=O) groups excluding carboxylic acids is 2. The van der Waals surface area contributed by atoms with Crippen molar-refractivity contribution in [1.29, 1.82) is 0 Å². The van der Waals surface area contributed by atoms with Gasteiger partial charge in [-0.1, -0.05) is 48.0 Å². The summed E-state index contributed by atoms with van der Waals surface area (Å²) in [6.45, 7) is 5.18. The van der Waals surface area contributed by atoms with Gasteiger partial charge in [-0.2, -0.15) is 0 Å². The third kappa shape index (κ3) is 3.44. The average molecular weight is 416 g/mol. The van der Waals surface area contributed by atoms with Crippen molar-refractivity contribution in [3.63, 3.8) is 0 Å². The van der Waals surface area contributed by atoms with Crippen LogP contribution in [0.2, 0.25) is 0 Å². The predicted octanol–water partition coefficient (Wildman–Crippen LogP) is 3.05. The Morgan fingerprint density at radius 1 is 0.897 bits per heavy atom. The van der Waals surface area contributed by atoms with Gasteiger partial charge >= 0.3 is 11.9 Å². The summed E-state index contributed by atoms with van der Waals surface area (Å²) in [4.78, 5) is 26.0. The number of esters is 2. The van der Waals surface area contributed by atoms with E-state index >= 15 is 0 Å². The van der Waals surface area contributed by atoms with Crippen molar-refractivity contribution in [2.75, 3.05) is 13.2 Å². The molecular formula is C22H24O6S. The van der Waals surface area contributed by atoms with E-state index in [4.69, 9.17) is 9.47 Å². The highest BCUT2D eigenvalue weighted by Crippen LogP contribution is 2.65. The molecule has 154 valence electrons. The molecule has 0 spiro atoms. The lowest BCUT2D eigenvalue weighted by atomic mass is 9.98.